The normalized spacial score (nSPS) is 14.9. The Morgan fingerprint density at radius 2 is 1.70 bits per heavy atom. The molecule has 0 bridgehead atoms. The molecule has 2 aromatic carbocycles. The average molecular weight is 385 g/mol. The predicted octanol–water partition coefficient (Wildman–Crippen LogP) is 4.55. The first-order chi connectivity index (χ1) is 13.0. The molecule has 1 aliphatic heterocycles. The van der Waals surface area contributed by atoms with Crippen molar-refractivity contribution in [3.63, 3.8) is 0 Å². The van der Waals surface area contributed by atoms with Crippen LogP contribution in [0.2, 0.25) is 5.02 Å². The molecule has 1 heterocycles. The number of anilines is 1. The predicted molar refractivity (Wildman–Crippen MR) is 109 cm³/mol. The van der Waals surface area contributed by atoms with Crippen LogP contribution in [-0.4, -0.2) is 36.3 Å². The van der Waals surface area contributed by atoms with E-state index in [4.69, 9.17) is 11.6 Å². The number of rotatable bonds is 4. The van der Waals surface area contributed by atoms with Gasteiger partial charge in [-0.1, -0.05) is 29.8 Å². The highest BCUT2D eigenvalue weighted by Gasteiger charge is 2.31. The molecule has 0 radical (unpaired) electrons. The highest BCUT2D eigenvalue weighted by Crippen LogP contribution is 2.26. The first-order valence-corrected chi connectivity index (χ1v) is 9.81. The maximum atomic E-state index is 13.1. The van der Waals surface area contributed by atoms with Crippen LogP contribution < -0.4 is 4.90 Å². The summed E-state index contributed by atoms with van der Waals surface area (Å²) in [6.45, 7) is 5.88. The lowest BCUT2D eigenvalue weighted by Gasteiger charge is -2.34. The minimum Gasteiger partial charge on any atom is -0.339 e. The molecule has 3 rings (SSSR count). The lowest BCUT2D eigenvalue weighted by Crippen LogP contribution is -2.44. The third kappa shape index (κ3) is 4.33. The number of nitrogens with zero attached hydrogens (tertiary/aromatic N) is 2. The molecule has 2 aromatic rings. The summed E-state index contributed by atoms with van der Waals surface area (Å²) in [5.74, 6) is 0.119. The lowest BCUT2D eigenvalue weighted by atomic mass is 9.94. The van der Waals surface area contributed by atoms with E-state index in [-0.39, 0.29) is 17.7 Å². The van der Waals surface area contributed by atoms with Crippen molar-refractivity contribution >= 4 is 29.1 Å². The minimum atomic E-state index is -0.0428. The van der Waals surface area contributed by atoms with Gasteiger partial charge in [-0.3, -0.25) is 9.59 Å². The number of para-hydroxylation sites is 1. The Kier molecular flexibility index (Phi) is 6.17. The molecule has 5 heteroatoms. The summed E-state index contributed by atoms with van der Waals surface area (Å²) < 4.78 is 0. The summed E-state index contributed by atoms with van der Waals surface area (Å²) >= 11 is 5.89. The Labute approximate surface area is 165 Å². The van der Waals surface area contributed by atoms with E-state index in [0.717, 1.165) is 11.3 Å². The van der Waals surface area contributed by atoms with Crippen LogP contribution >= 0.6 is 11.6 Å². The van der Waals surface area contributed by atoms with Crippen molar-refractivity contribution < 1.29 is 9.59 Å². The molecular weight excluding hydrogens is 360 g/mol. The number of likely N-dealkylation sites (tertiary alicyclic amines) is 1. The van der Waals surface area contributed by atoms with E-state index in [0.29, 0.717) is 43.1 Å². The van der Waals surface area contributed by atoms with Gasteiger partial charge in [0.25, 0.3) is 5.91 Å². The van der Waals surface area contributed by atoms with E-state index < -0.39 is 0 Å². The van der Waals surface area contributed by atoms with E-state index in [1.807, 2.05) is 47.9 Å². The highest BCUT2D eigenvalue weighted by atomic mass is 35.5. The van der Waals surface area contributed by atoms with Gasteiger partial charge in [0.2, 0.25) is 5.91 Å². The number of piperidine rings is 1. The van der Waals surface area contributed by atoms with Crippen LogP contribution in [0.25, 0.3) is 0 Å². The maximum absolute atomic E-state index is 13.1. The molecule has 0 aromatic heterocycles. The first-order valence-electron chi connectivity index (χ1n) is 9.43. The molecule has 0 saturated carbocycles. The van der Waals surface area contributed by atoms with Crippen LogP contribution in [0.4, 0.5) is 5.69 Å². The van der Waals surface area contributed by atoms with Gasteiger partial charge in [-0.2, -0.15) is 0 Å². The van der Waals surface area contributed by atoms with Gasteiger partial charge in [0.1, 0.15) is 0 Å². The summed E-state index contributed by atoms with van der Waals surface area (Å²) in [6.07, 6.45) is 1.39. The zero-order valence-corrected chi connectivity index (χ0v) is 16.6. The van der Waals surface area contributed by atoms with Gasteiger partial charge in [-0.25, -0.2) is 0 Å². The number of carbonyl (C=O) groups excluding carboxylic acids is 2. The van der Waals surface area contributed by atoms with Crippen molar-refractivity contribution in [3.8, 4) is 0 Å². The Morgan fingerprint density at radius 3 is 2.30 bits per heavy atom. The van der Waals surface area contributed by atoms with Crippen LogP contribution in [-0.2, 0) is 4.79 Å². The van der Waals surface area contributed by atoms with E-state index in [1.54, 1.807) is 24.3 Å². The Bertz CT molecular complexity index is 811. The second-order valence-electron chi connectivity index (χ2n) is 6.94. The fraction of sp³-hybridized carbons (Fsp3) is 0.364. The molecular formula is C22H25ClN2O2. The Hall–Kier alpha value is -2.33. The summed E-state index contributed by atoms with van der Waals surface area (Å²) in [7, 11) is 0. The number of aryl methyl sites for hydroxylation is 1. The Balaban J connectivity index is 1.64. The molecule has 27 heavy (non-hydrogen) atoms. The third-order valence-electron chi connectivity index (χ3n) is 5.21. The fourth-order valence-corrected chi connectivity index (χ4v) is 3.76. The minimum absolute atomic E-state index is 0.00353. The van der Waals surface area contributed by atoms with Gasteiger partial charge >= 0.3 is 0 Å². The SMILES string of the molecule is CCN(C(=O)C1CCN(C(=O)c2ccc(Cl)cc2)CC1)c1ccccc1C. The second kappa shape index (κ2) is 8.57. The standard InChI is InChI=1S/C22H25ClN2O2/c1-3-25(20-7-5-4-6-16(20)2)22(27)18-12-14-24(15-13-18)21(26)17-8-10-19(23)11-9-17/h4-11,18H,3,12-15H2,1-2H3. The molecule has 4 nitrogen and oxygen atoms in total. The lowest BCUT2D eigenvalue weighted by molar-refractivity contribution is -0.123. The fourth-order valence-electron chi connectivity index (χ4n) is 3.64. The van der Waals surface area contributed by atoms with E-state index in [9.17, 15) is 9.59 Å². The largest absolute Gasteiger partial charge is 0.339 e. The van der Waals surface area contributed by atoms with Gasteiger partial charge in [-0.15, -0.1) is 0 Å². The Morgan fingerprint density at radius 1 is 1.07 bits per heavy atom. The summed E-state index contributed by atoms with van der Waals surface area (Å²) in [4.78, 5) is 29.4. The number of benzene rings is 2. The topological polar surface area (TPSA) is 40.6 Å². The van der Waals surface area contributed by atoms with Crippen LogP contribution in [0.1, 0.15) is 35.7 Å². The molecule has 142 valence electrons. The van der Waals surface area contributed by atoms with Gasteiger partial charge in [0.05, 0.1) is 0 Å². The van der Waals surface area contributed by atoms with Crippen molar-refractivity contribution in [2.75, 3.05) is 24.5 Å². The van der Waals surface area contributed by atoms with E-state index >= 15 is 0 Å². The highest BCUT2D eigenvalue weighted by molar-refractivity contribution is 6.30. The quantitative estimate of drug-likeness (QED) is 0.775. The van der Waals surface area contributed by atoms with Gasteiger partial charge in [-0.05, 0) is 62.6 Å². The van der Waals surface area contributed by atoms with Crippen molar-refractivity contribution in [2.24, 2.45) is 5.92 Å². The van der Waals surface area contributed by atoms with Crippen LogP contribution in [0, 0.1) is 12.8 Å². The van der Waals surface area contributed by atoms with Crippen molar-refractivity contribution in [2.45, 2.75) is 26.7 Å². The molecule has 2 amide bonds. The maximum Gasteiger partial charge on any atom is 0.253 e. The molecule has 0 spiro atoms. The number of carbonyl (C=O) groups is 2. The van der Waals surface area contributed by atoms with Crippen molar-refractivity contribution in [3.05, 3.63) is 64.7 Å². The molecule has 1 aliphatic rings. The smallest absolute Gasteiger partial charge is 0.253 e. The summed E-state index contributed by atoms with van der Waals surface area (Å²) in [5, 5.41) is 0.617. The van der Waals surface area contributed by atoms with Crippen molar-refractivity contribution in [1.29, 1.82) is 0 Å². The molecule has 0 unspecified atom stereocenters. The van der Waals surface area contributed by atoms with E-state index in [1.165, 1.54) is 0 Å². The van der Waals surface area contributed by atoms with Crippen LogP contribution in [0.15, 0.2) is 48.5 Å². The van der Waals surface area contributed by atoms with E-state index in [2.05, 4.69) is 0 Å². The van der Waals surface area contributed by atoms with Gasteiger partial charge < -0.3 is 9.80 Å². The third-order valence-corrected chi connectivity index (χ3v) is 5.46. The van der Waals surface area contributed by atoms with Crippen molar-refractivity contribution in [1.82, 2.24) is 4.90 Å². The monoisotopic (exact) mass is 384 g/mol. The van der Waals surface area contributed by atoms with Gasteiger partial charge in [0.15, 0.2) is 0 Å². The number of hydrogen-bond donors (Lipinski definition) is 0. The van der Waals surface area contributed by atoms with Crippen LogP contribution in [0.3, 0.4) is 0 Å². The summed E-state index contributed by atoms with van der Waals surface area (Å²) in [5.41, 5.74) is 2.71. The number of hydrogen-bond acceptors (Lipinski definition) is 2. The zero-order valence-electron chi connectivity index (χ0n) is 15.8. The molecule has 1 fully saturated rings. The first kappa shape index (κ1) is 19.4. The average Bonchev–Trinajstić information content (AvgIpc) is 2.70. The molecule has 0 N–H and O–H groups in total. The van der Waals surface area contributed by atoms with Gasteiger partial charge in [0, 0.05) is 41.8 Å². The number of halogens is 1. The van der Waals surface area contributed by atoms with Crippen LogP contribution in [0.5, 0.6) is 0 Å². The molecule has 1 saturated heterocycles. The second-order valence-corrected chi connectivity index (χ2v) is 7.38. The number of amides is 2. The zero-order chi connectivity index (χ0) is 19.4. The molecule has 0 atom stereocenters. The molecule has 0 aliphatic carbocycles. The summed E-state index contributed by atoms with van der Waals surface area (Å²) in [6, 6.07) is 14.9.